The van der Waals surface area contributed by atoms with Crippen molar-refractivity contribution in [1.82, 2.24) is 10.2 Å². The normalized spacial score (nSPS) is 33.0. The number of nitrogens with one attached hydrogen (secondary N) is 1. The van der Waals surface area contributed by atoms with Crippen LogP contribution in [0.2, 0.25) is 0 Å². The van der Waals surface area contributed by atoms with Gasteiger partial charge >= 0.3 is 0 Å². The zero-order valence-corrected chi connectivity index (χ0v) is 13.0. The molecule has 1 amide bonds. The van der Waals surface area contributed by atoms with Crippen molar-refractivity contribution in [2.24, 2.45) is 5.92 Å². The zero-order chi connectivity index (χ0) is 14.0. The average molecular weight is 278 g/mol. The van der Waals surface area contributed by atoms with Crippen LogP contribution in [0, 0.1) is 5.92 Å². The summed E-state index contributed by atoms with van der Waals surface area (Å²) in [5.41, 5.74) is 0.0981. The highest BCUT2D eigenvalue weighted by molar-refractivity contribution is 5.78. The first kappa shape index (κ1) is 14.4. The molecule has 0 aromatic heterocycles. The minimum Gasteiger partial charge on any atom is -0.339 e. The molecule has 0 aromatic rings. The van der Waals surface area contributed by atoms with Crippen LogP contribution in [0.1, 0.15) is 70.6 Å². The molecular formula is C17H30N2O. The summed E-state index contributed by atoms with van der Waals surface area (Å²) in [5.74, 6) is 1.24. The van der Waals surface area contributed by atoms with Gasteiger partial charge in [0.15, 0.2) is 0 Å². The number of carbonyl (C=O) groups excluding carboxylic acids is 1. The van der Waals surface area contributed by atoms with Crippen molar-refractivity contribution in [1.29, 1.82) is 0 Å². The Labute approximate surface area is 123 Å². The number of hydrogen-bond donors (Lipinski definition) is 1. The lowest BCUT2D eigenvalue weighted by Gasteiger charge is -2.42. The minimum atomic E-state index is 0.0981. The van der Waals surface area contributed by atoms with Crippen molar-refractivity contribution < 1.29 is 4.79 Å². The molecule has 3 heteroatoms. The molecule has 20 heavy (non-hydrogen) atoms. The first-order valence-corrected chi connectivity index (χ1v) is 8.72. The number of rotatable bonds is 3. The van der Waals surface area contributed by atoms with E-state index in [1.807, 2.05) is 7.05 Å². The Balaban J connectivity index is 1.65. The third-order valence-electron chi connectivity index (χ3n) is 6.14. The summed E-state index contributed by atoms with van der Waals surface area (Å²) >= 11 is 0. The zero-order valence-electron chi connectivity index (χ0n) is 13.0. The number of hydrogen-bond acceptors (Lipinski definition) is 2. The summed E-state index contributed by atoms with van der Waals surface area (Å²) < 4.78 is 0. The summed E-state index contributed by atoms with van der Waals surface area (Å²) in [6.45, 7) is 1.01. The number of nitrogens with zero attached hydrogens (tertiary/aromatic N) is 1. The molecule has 3 fully saturated rings. The fourth-order valence-corrected chi connectivity index (χ4v) is 4.90. The summed E-state index contributed by atoms with van der Waals surface area (Å²) in [6.07, 6.45) is 13.5. The second-order valence-corrected chi connectivity index (χ2v) is 7.26. The fraction of sp³-hybridized carbons (Fsp3) is 0.941. The summed E-state index contributed by atoms with van der Waals surface area (Å²) in [4.78, 5) is 15.1. The van der Waals surface area contributed by atoms with E-state index in [4.69, 9.17) is 0 Å². The van der Waals surface area contributed by atoms with Gasteiger partial charge < -0.3 is 10.2 Å². The SMILES string of the molecule is CNC1(CC(=O)N2CCCC3CCCC32)CCCCC1. The topological polar surface area (TPSA) is 32.3 Å². The van der Waals surface area contributed by atoms with Crippen LogP contribution in [0.3, 0.4) is 0 Å². The molecule has 3 nitrogen and oxygen atoms in total. The van der Waals surface area contributed by atoms with Crippen LogP contribution >= 0.6 is 0 Å². The van der Waals surface area contributed by atoms with Crippen molar-refractivity contribution in [3.05, 3.63) is 0 Å². The Morgan fingerprint density at radius 3 is 2.60 bits per heavy atom. The Kier molecular flexibility index (Phi) is 4.34. The van der Waals surface area contributed by atoms with E-state index in [2.05, 4.69) is 10.2 Å². The largest absolute Gasteiger partial charge is 0.339 e. The highest BCUT2D eigenvalue weighted by Crippen LogP contribution is 2.38. The molecule has 2 unspecified atom stereocenters. The third-order valence-corrected chi connectivity index (χ3v) is 6.14. The van der Waals surface area contributed by atoms with Gasteiger partial charge in [0.1, 0.15) is 0 Å². The fourth-order valence-electron chi connectivity index (χ4n) is 4.90. The van der Waals surface area contributed by atoms with Crippen molar-refractivity contribution >= 4 is 5.91 Å². The standard InChI is InChI=1S/C17H30N2O/c1-18-17(10-3-2-4-11-17)13-16(20)19-12-6-8-14-7-5-9-15(14)19/h14-15,18H,2-13H2,1H3. The average Bonchev–Trinajstić information content (AvgIpc) is 2.96. The Bertz CT molecular complexity index is 349. The minimum absolute atomic E-state index is 0.0981. The van der Waals surface area contributed by atoms with E-state index in [-0.39, 0.29) is 5.54 Å². The van der Waals surface area contributed by atoms with E-state index in [0.29, 0.717) is 11.9 Å². The van der Waals surface area contributed by atoms with Gasteiger partial charge in [-0.3, -0.25) is 4.79 Å². The van der Waals surface area contributed by atoms with Crippen molar-refractivity contribution in [2.45, 2.75) is 82.2 Å². The number of likely N-dealkylation sites (tertiary alicyclic amines) is 1. The highest BCUT2D eigenvalue weighted by Gasteiger charge is 2.40. The highest BCUT2D eigenvalue weighted by atomic mass is 16.2. The molecule has 2 saturated carbocycles. The van der Waals surface area contributed by atoms with Gasteiger partial charge in [0.05, 0.1) is 0 Å². The van der Waals surface area contributed by atoms with Crippen LogP contribution in [-0.2, 0) is 4.79 Å². The predicted octanol–water partition coefficient (Wildman–Crippen LogP) is 3.09. The Morgan fingerprint density at radius 1 is 1.10 bits per heavy atom. The lowest BCUT2D eigenvalue weighted by atomic mass is 9.78. The van der Waals surface area contributed by atoms with Gasteiger partial charge in [-0.1, -0.05) is 25.7 Å². The lowest BCUT2D eigenvalue weighted by Crippen LogP contribution is -2.52. The summed E-state index contributed by atoms with van der Waals surface area (Å²) in [7, 11) is 2.05. The van der Waals surface area contributed by atoms with E-state index in [0.717, 1.165) is 18.9 Å². The van der Waals surface area contributed by atoms with Crippen molar-refractivity contribution in [3.8, 4) is 0 Å². The Morgan fingerprint density at radius 2 is 1.85 bits per heavy atom. The first-order valence-electron chi connectivity index (χ1n) is 8.72. The van der Waals surface area contributed by atoms with E-state index in [1.54, 1.807) is 0 Å². The quantitative estimate of drug-likeness (QED) is 0.860. The van der Waals surface area contributed by atoms with Gasteiger partial charge in [0.25, 0.3) is 0 Å². The monoisotopic (exact) mass is 278 g/mol. The van der Waals surface area contributed by atoms with Gasteiger partial charge in [-0.15, -0.1) is 0 Å². The van der Waals surface area contributed by atoms with Crippen LogP contribution in [0.15, 0.2) is 0 Å². The third kappa shape index (κ3) is 2.74. The van der Waals surface area contributed by atoms with Crippen molar-refractivity contribution in [2.75, 3.05) is 13.6 Å². The maximum atomic E-state index is 12.9. The number of piperidine rings is 1. The maximum Gasteiger partial charge on any atom is 0.224 e. The molecule has 0 spiro atoms. The number of carbonyl (C=O) groups is 1. The van der Waals surface area contributed by atoms with E-state index < -0.39 is 0 Å². The second-order valence-electron chi connectivity index (χ2n) is 7.26. The molecule has 0 aromatic carbocycles. The van der Waals surface area contributed by atoms with Crippen molar-refractivity contribution in [3.63, 3.8) is 0 Å². The number of fused-ring (bicyclic) bond motifs is 1. The first-order chi connectivity index (χ1) is 9.74. The van der Waals surface area contributed by atoms with Gasteiger partial charge in [-0.25, -0.2) is 0 Å². The van der Waals surface area contributed by atoms with Crippen LogP contribution in [0.4, 0.5) is 0 Å². The molecule has 0 bridgehead atoms. The molecule has 1 saturated heterocycles. The molecule has 114 valence electrons. The molecule has 2 aliphatic carbocycles. The van der Waals surface area contributed by atoms with E-state index >= 15 is 0 Å². The van der Waals surface area contributed by atoms with Gasteiger partial charge in [-0.2, -0.15) is 0 Å². The molecule has 0 radical (unpaired) electrons. The second kappa shape index (κ2) is 6.05. The van der Waals surface area contributed by atoms with Gasteiger partial charge in [0, 0.05) is 24.5 Å². The van der Waals surface area contributed by atoms with Crippen LogP contribution in [0.25, 0.3) is 0 Å². The molecule has 1 aliphatic heterocycles. The number of amides is 1. The molecule has 1 N–H and O–H groups in total. The van der Waals surface area contributed by atoms with E-state index in [1.165, 1.54) is 64.2 Å². The molecular weight excluding hydrogens is 248 g/mol. The van der Waals surface area contributed by atoms with Crippen LogP contribution < -0.4 is 5.32 Å². The van der Waals surface area contributed by atoms with Gasteiger partial charge in [0.2, 0.25) is 5.91 Å². The van der Waals surface area contributed by atoms with Gasteiger partial charge in [-0.05, 0) is 51.5 Å². The molecule has 3 aliphatic rings. The molecule has 1 heterocycles. The Hall–Kier alpha value is -0.570. The summed E-state index contributed by atoms with van der Waals surface area (Å²) in [6, 6.07) is 0.578. The molecule has 2 atom stereocenters. The van der Waals surface area contributed by atoms with Crippen LogP contribution in [0.5, 0.6) is 0 Å². The van der Waals surface area contributed by atoms with Crippen LogP contribution in [-0.4, -0.2) is 36.0 Å². The smallest absolute Gasteiger partial charge is 0.224 e. The summed E-state index contributed by atoms with van der Waals surface area (Å²) in [5, 5.41) is 3.50. The lowest BCUT2D eigenvalue weighted by molar-refractivity contribution is -0.137. The predicted molar refractivity (Wildman–Crippen MR) is 81.6 cm³/mol. The molecule has 3 rings (SSSR count). The van der Waals surface area contributed by atoms with E-state index in [9.17, 15) is 4.79 Å². The maximum absolute atomic E-state index is 12.9.